The minimum atomic E-state index is -0.403. The number of hydrogen-bond donors (Lipinski definition) is 0. The molecule has 0 aromatic rings. The first kappa shape index (κ1) is 25.7. The lowest BCUT2D eigenvalue weighted by atomic mass is 9.92. The van der Waals surface area contributed by atoms with E-state index in [1.807, 2.05) is 0 Å². The number of ether oxygens (including phenoxy) is 2. The number of carbonyl (C=O) groups is 2. The van der Waals surface area contributed by atoms with Gasteiger partial charge in [-0.05, 0) is 32.1 Å². The van der Waals surface area contributed by atoms with Crippen molar-refractivity contribution in [3.63, 3.8) is 0 Å². The zero-order valence-corrected chi connectivity index (χ0v) is 18.0. The van der Waals surface area contributed by atoms with Gasteiger partial charge in [-0.1, -0.05) is 78.7 Å². The van der Waals surface area contributed by atoms with Crippen LogP contribution in [0.1, 0.15) is 104 Å². The lowest BCUT2D eigenvalue weighted by Gasteiger charge is -2.23. The number of unbranched alkanes of at least 4 members (excludes halogenated alkanes) is 7. The molecule has 0 aromatic heterocycles. The summed E-state index contributed by atoms with van der Waals surface area (Å²) >= 11 is 0. The summed E-state index contributed by atoms with van der Waals surface area (Å²) in [6.07, 6.45) is 14.0. The van der Waals surface area contributed by atoms with Crippen molar-refractivity contribution in [2.75, 3.05) is 6.61 Å². The average molecular weight is 383 g/mol. The van der Waals surface area contributed by atoms with Crippen LogP contribution in [0.4, 0.5) is 0 Å². The lowest BCUT2D eigenvalue weighted by Crippen LogP contribution is -2.27. The molecule has 0 saturated carbocycles. The standard InChI is InChI=1S/C23H42O4/c1-5-9-12-14-16-20(23(25)26-18-11-7-3)19-21(27-22(24)8-4)17-15-13-10-6-2/h8,20-21H,4-7,9-19H2,1-3H3. The van der Waals surface area contributed by atoms with Crippen molar-refractivity contribution >= 4 is 11.9 Å². The van der Waals surface area contributed by atoms with Crippen LogP contribution in [0.15, 0.2) is 12.7 Å². The smallest absolute Gasteiger partial charge is 0.330 e. The highest BCUT2D eigenvalue weighted by Gasteiger charge is 2.25. The molecule has 0 heterocycles. The van der Waals surface area contributed by atoms with Crippen molar-refractivity contribution in [3.8, 4) is 0 Å². The Morgan fingerprint density at radius 1 is 0.852 bits per heavy atom. The van der Waals surface area contributed by atoms with E-state index < -0.39 is 5.97 Å². The van der Waals surface area contributed by atoms with Gasteiger partial charge in [0.25, 0.3) is 0 Å². The maximum absolute atomic E-state index is 12.6. The lowest BCUT2D eigenvalue weighted by molar-refractivity contribution is -0.154. The molecule has 0 fully saturated rings. The summed E-state index contributed by atoms with van der Waals surface area (Å²) in [7, 11) is 0. The van der Waals surface area contributed by atoms with Crippen molar-refractivity contribution in [3.05, 3.63) is 12.7 Å². The van der Waals surface area contributed by atoms with Gasteiger partial charge in [0.05, 0.1) is 12.5 Å². The topological polar surface area (TPSA) is 52.6 Å². The highest BCUT2D eigenvalue weighted by atomic mass is 16.5. The van der Waals surface area contributed by atoms with Gasteiger partial charge in [0.1, 0.15) is 6.10 Å². The second-order valence-corrected chi connectivity index (χ2v) is 7.42. The highest BCUT2D eigenvalue weighted by molar-refractivity contribution is 5.81. The van der Waals surface area contributed by atoms with Crippen molar-refractivity contribution in [2.24, 2.45) is 5.92 Å². The maximum atomic E-state index is 12.6. The predicted molar refractivity (Wildman–Crippen MR) is 112 cm³/mol. The molecule has 0 radical (unpaired) electrons. The van der Waals surface area contributed by atoms with Gasteiger partial charge in [-0.15, -0.1) is 0 Å². The van der Waals surface area contributed by atoms with E-state index in [1.165, 1.54) is 31.8 Å². The normalized spacial score (nSPS) is 13.0. The first-order valence-electron chi connectivity index (χ1n) is 11.1. The van der Waals surface area contributed by atoms with Crippen LogP contribution in [-0.4, -0.2) is 24.6 Å². The zero-order chi connectivity index (χ0) is 20.3. The van der Waals surface area contributed by atoms with Crippen LogP contribution >= 0.6 is 0 Å². The Balaban J connectivity index is 4.79. The highest BCUT2D eigenvalue weighted by Crippen LogP contribution is 2.23. The predicted octanol–water partition coefficient (Wildman–Crippen LogP) is 6.37. The molecule has 2 atom stereocenters. The molecular formula is C23H42O4. The molecule has 0 aromatic carbocycles. The third-order valence-electron chi connectivity index (χ3n) is 4.86. The quantitative estimate of drug-likeness (QED) is 0.157. The van der Waals surface area contributed by atoms with Crippen LogP contribution < -0.4 is 0 Å². The van der Waals surface area contributed by atoms with E-state index in [0.29, 0.717) is 13.0 Å². The minimum absolute atomic E-state index is 0.131. The fourth-order valence-corrected chi connectivity index (χ4v) is 3.14. The van der Waals surface area contributed by atoms with Crippen LogP contribution in [0.2, 0.25) is 0 Å². The largest absolute Gasteiger partial charge is 0.465 e. The molecule has 0 aliphatic rings. The molecule has 0 spiro atoms. The Bertz CT molecular complexity index is 392. The summed E-state index contributed by atoms with van der Waals surface area (Å²) in [5, 5.41) is 0. The van der Waals surface area contributed by atoms with E-state index >= 15 is 0 Å². The Morgan fingerprint density at radius 2 is 1.44 bits per heavy atom. The Labute approximate surface area is 167 Å². The van der Waals surface area contributed by atoms with E-state index in [2.05, 4.69) is 27.4 Å². The molecule has 27 heavy (non-hydrogen) atoms. The number of rotatable bonds is 18. The van der Waals surface area contributed by atoms with Gasteiger partial charge < -0.3 is 9.47 Å². The SMILES string of the molecule is C=CC(=O)OC(CCCCCC)CC(CCCCCC)C(=O)OCCCC. The summed E-state index contributed by atoms with van der Waals surface area (Å²) in [5.41, 5.74) is 0. The van der Waals surface area contributed by atoms with E-state index in [1.54, 1.807) is 0 Å². The van der Waals surface area contributed by atoms with Gasteiger partial charge >= 0.3 is 11.9 Å². The fourth-order valence-electron chi connectivity index (χ4n) is 3.14. The number of carbonyl (C=O) groups excluding carboxylic acids is 2. The van der Waals surface area contributed by atoms with E-state index in [4.69, 9.17) is 9.47 Å². The molecule has 4 heteroatoms. The van der Waals surface area contributed by atoms with E-state index in [9.17, 15) is 9.59 Å². The fraction of sp³-hybridized carbons (Fsp3) is 0.826. The summed E-state index contributed by atoms with van der Waals surface area (Å²) in [5.74, 6) is -0.722. The second-order valence-electron chi connectivity index (χ2n) is 7.42. The third kappa shape index (κ3) is 14.4. The molecule has 0 rings (SSSR count). The zero-order valence-electron chi connectivity index (χ0n) is 18.0. The molecule has 0 aliphatic carbocycles. The Hall–Kier alpha value is -1.32. The van der Waals surface area contributed by atoms with Gasteiger partial charge in [0.2, 0.25) is 0 Å². The molecule has 158 valence electrons. The average Bonchev–Trinajstić information content (AvgIpc) is 2.67. The number of hydrogen-bond acceptors (Lipinski definition) is 4. The summed E-state index contributed by atoms with van der Waals surface area (Å²) in [6, 6.07) is 0. The first-order chi connectivity index (χ1) is 13.1. The molecule has 0 N–H and O–H groups in total. The molecule has 0 bridgehead atoms. The Morgan fingerprint density at radius 3 is 2.00 bits per heavy atom. The van der Waals surface area contributed by atoms with Gasteiger partial charge in [0, 0.05) is 6.08 Å². The van der Waals surface area contributed by atoms with E-state index in [0.717, 1.165) is 51.4 Å². The van der Waals surface area contributed by atoms with Crippen LogP contribution in [0.3, 0.4) is 0 Å². The van der Waals surface area contributed by atoms with Crippen molar-refractivity contribution in [2.45, 2.75) is 110 Å². The molecular weight excluding hydrogens is 340 g/mol. The van der Waals surface area contributed by atoms with Crippen LogP contribution in [0, 0.1) is 5.92 Å². The summed E-state index contributed by atoms with van der Waals surface area (Å²) < 4.78 is 11.0. The maximum Gasteiger partial charge on any atom is 0.330 e. The third-order valence-corrected chi connectivity index (χ3v) is 4.86. The van der Waals surface area contributed by atoms with Crippen LogP contribution in [0.25, 0.3) is 0 Å². The Kier molecular flexibility index (Phi) is 17.2. The first-order valence-corrected chi connectivity index (χ1v) is 11.1. The molecule has 4 nitrogen and oxygen atoms in total. The summed E-state index contributed by atoms with van der Waals surface area (Å²) in [6.45, 7) is 10.4. The molecule has 0 saturated heterocycles. The molecule has 0 amide bonds. The van der Waals surface area contributed by atoms with Gasteiger partial charge in [-0.3, -0.25) is 4.79 Å². The van der Waals surface area contributed by atoms with Crippen LogP contribution in [-0.2, 0) is 19.1 Å². The minimum Gasteiger partial charge on any atom is -0.465 e. The molecule has 0 aliphatic heterocycles. The van der Waals surface area contributed by atoms with E-state index in [-0.39, 0.29) is 18.0 Å². The van der Waals surface area contributed by atoms with Gasteiger partial charge in [-0.25, -0.2) is 4.79 Å². The van der Waals surface area contributed by atoms with Crippen molar-refractivity contribution in [1.82, 2.24) is 0 Å². The monoisotopic (exact) mass is 382 g/mol. The van der Waals surface area contributed by atoms with Gasteiger partial charge in [0.15, 0.2) is 0 Å². The van der Waals surface area contributed by atoms with Gasteiger partial charge in [-0.2, -0.15) is 0 Å². The molecule has 2 unspecified atom stereocenters. The van der Waals surface area contributed by atoms with Crippen molar-refractivity contribution < 1.29 is 19.1 Å². The summed E-state index contributed by atoms with van der Waals surface area (Å²) in [4.78, 5) is 24.3. The van der Waals surface area contributed by atoms with Crippen LogP contribution in [0.5, 0.6) is 0 Å². The second kappa shape index (κ2) is 18.1. The number of esters is 2. The van der Waals surface area contributed by atoms with Crippen molar-refractivity contribution in [1.29, 1.82) is 0 Å².